The second-order valence-electron chi connectivity index (χ2n) is 3.90. The molecule has 0 unspecified atom stereocenters. The molecule has 0 saturated heterocycles. The molecule has 0 aromatic carbocycles. The fourth-order valence-corrected chi connectivity index (χ4v) is 1.57. The van der Waals surface area contributed by atoms with E-state index in [0.717, 1.165) is 19.0 Å². The normalized spacial score (nSPS) is 15.8. The molecule has 0 bridgehead atoms. The number of hydrogen-bond acceptors (Lipinski definition) is 2. The molecule has 2 nitrogen and oxygen atoms in total. The number of nitrogens with one attached hydrogen (secondary N) is 1. The Morgan fingerprint density at radius 1 is 1.43 bits per heavy atom. The van der Waals surface area contributed by atoms with Crippen LogP contribution in [-0.4, -0.2) is 11.5 Å². The van der Waals surface area contributed by atoms with E-state index in [0.29, 0.717) is 5.15 Å². The number of halogens is 1. The maximum Gasteiger partial charge on any atom is 0.129 e. The second-order valence-corrected chi connectivity index (χ2v) is 4.29. The van der Waals surface area contributed by atoms with Crippen LogP contribution < -0.4 is 5.32 Å². The zero-order chi connectivity index (χ0) is 9.80. The van der Waals surface area contributed by atoms with Crippen LogP contribution in [0.5, 0.6) is 0 Å². The Balaban J connectivity index is 1.66. The minimum Gasteiger partial charge on any atom is -0.313 e. The van der Waals surface area contributed by atoms with Gasteiger partial charge < -0.3 is 5.32 Å². The van der Waals surface area contributed by atoms with Crippen molar-refractivity contribution in [1.29, 1.82) is 0 Å². The largest absolute Gasteiger partial charge is 0.313 e. The maximum atomic E-state index is 5.69. The van der Waals surface area contributed by atoms with Gasteiger partial charge in [0, 0.05) is 12.7 Å². The van der Waals surface area contributed by atoms with Gasteiger partial charge in [0.15, 0.2) is 0 Å². The Kier molecular flexibility index (Phi) is 3.38. The molecule has 0 atom stereocenters. The van der Waals surface area contributed by atoms with E-state index in [1.54, 1.807) is 0 Å². The van der Waals surface area contributed by atoms with Crippen LogP contribution >= 0.6 is 11.6 Å². The van der Waals surface area contributed by atoms with Gasteiger partial charge in [-0.15, -0.1) is 0 Å². The van der Waals surface area contributed by atoms with Crippen molar-refractivity contribution in [2.75, 3.05) is 6.54 Å². The molecule has 0 amide bonds. The van der Waals surface area contributed by atoms with Crippen molar-refractivity contribution in [3.8, 4) is 0 Å². The van der Waals surface area contributed by atoms with Crippen molar-refractivity contribution in [1.82, 2.24) is 10.3 Å². The van der Waals surface area contributed by atoms with Gasteiger partial charge in [-0.3, -0.25) is 0 Å². The minimum atomic E-state index is 0.562. The molecule has 1 aliphatic carbocycles. The summed E-state index contributed by atoms with van der Waals surface area (Å²) in [6.45, 7) is 2.02. The van der Waals surface area contributed by atoms with Crippen LogP contribution in [-0.2, 0) is 6.54 Å². The first-order valence-corrected chi connectivity index (χ1v) is 5.53. The van der Waals surface area contributed by atoms with E-state index in [1.807, 2.05) is 18.3 Å². The van der Waals surface area contributed by atoms with E-state index < -0.39 is 0 Å². The summed E-state index contributed by atoms with van der Waals surface area (Å²) in [7, 11) is 0. The Bertz CT molecular complexity index is 280. The predicted molar refractivity (Wildman–Crippen MR) is 58.3 cm³/mol. The van der Waals surface area contributed by atoms with E-state index in [1.165, 1.54) is 24.8 Å². The van der Waals surface area contributed by atoms with Crippen LogP contribution in [0.15, 0.2) is 18.3 Å². The molecule has 1 aromatic rings. The molecular formula is C11H15ClN2. The highest BCUT2D eigenvalue weighted by Gasteiger charge is 2.19. The van der Waals surface area contributed by atoms with Gasteiger partial charge in [0.25, 0.3) is 0 Å². The lowest BCUT2D eigenvalue weighted by molar-refractivity contribution is 0.612. The first-order chi connectivity index (χ1) is 6.84. The highest BCUT2D eigenvalue weighted by Crippen LogP contribution is 2.31. The van der Waals surface area contributed by atoms with Crippen molar-refractivity contribution >= 4 is 11.6 Å². The SMILES string of the molecule is Clc1ccc(CNCCC2CC2)cn1. The summed E-state index contributed by atoms with van der Waals surface area (Å²) in [6.07, 6.45) is 6.02. The summed E-state index contributed by atoms with van der Waals surface area (Å²) < 4.78 is 0. The predicted octanol–water partition coefficient (Wildman–Crippen LogP) is 2.62. The van der Waals surface area contributed by atoms with Gasteiger partial charge >= 0.3 is 0 Å². The number of rotatable bonds is 5. The Hall–Kier alpha value is -0.600. The fraction of sp³-hybridized carbons (Fsp3) is 0.545. The van der Waals surface area contributed by atoms with Crippen LogP contribution in [0.1, 0.15) is 24.8 Å². The van der Waals surface area contributed by atoms with E-state index in [2.05, 4.69) is 10.3 Å². The summed E-state index contributed by atoms with van der Waals surface area (Å²) in [4.78, 5) is 4.03. The molecule has 1 saturated carbocycles. The highest BCUT2D eigenvalue weighted by atomic mass is 35.5. The summed E-state index contributed by atoms with van der Waals surface area (Å²) in [5.41, 5.74) is 1.20. The Morgan fingerprint density at radius 3 is 2.93 bits per heavy atom. The average Bonchev–Trinajstić information content (AvgIpc) is 2.99. The van der Waals surface area contributed by atoms with Crippen LogP contribution in [0.4, 0.5) is 0 Å². The lowest BCUT2D eigenvalue weighted by atomic mass is 10.2. The number of pyridine rings is 1. The molecule has 1 aromatic heterocycles. The first kappa shape index (κ1) is 9.94. The van der Waals surface area contributed by atoms with Gasteiger partial charge in [-0.1, -0.05) is 30.5 Å². The van der Waals surface area contributed by atoms with Crippen molar-refractivity contribution in [3.63, 3.8) is 0 Å². The minimum absolute atomic E-state index is 0.562. The highest BCUT2D eigenvalue weighted by molar-refractivity contribution is 6.29. The number of hydrogen-bond donors (Lipinski definition) is 1. The number of nitrogens with zero attached hydrogens (tertiary/aromatic N) is 1. The molecular weight excluding hydrogens is 196 g/mol. The van der Waals surface area contributed by atoms with Gasteiger partial charge in [0.1, 0.15) is 5.15 Å². The molecule has 1 heterocycles. The third-order valence-electron chi connectivity index (χ3n) is 2.54. The van der Waals surface area contributed by atoms with Gasteiger partial charge in [-0.2, -0.15) is 0 Å². The third kappa shape index (κ3) is 3.28. The van der Waals surface area contributed by atoms with E-state index in [9.17, 15) is 0 Å². The Labute approximate surface area is 89.7 Å². The summed E-state index contributed by atoms with van der Waals surface area (Å²) in [6, 6.07) is 3.85. The lowest BCUT2D eigenvalue weighted by Crippen LogP contribution is -2.15. The van der Waals surface area contributed by atoms with Crippen LogP contribution in [0.3, 0.4) is 0 Å². The van der Waals surface area contributed by atoms with Crippen LogP contribution in [0, 0.1) is 5.92 Å². The van der Waals surface area contributed by atoms with Crippen LogP contribution in [0.25, 0.3) is 0 Å². The standard InChI is InChI=1S/C11H15ClN2/c12-11-4-3-10(8-14-11)7-13-6-5-9-1-2-9/h3-4,8-9,13H,1-2,5-7H2. The summed E-state index contributed by atoms with van der Waals surface area (Å²) in [5.74, 6) is 1.01. The molecule has 3 heteroatoms. The monoisotopic (exact) mass is 210 g/mol. The Morgan fingerprint density at radius 2 is 2.29 bits per heavy atom. The molecule has 0 radical (unpaired) electrons. The molecule has 1 aliphatic rings. The molecule has 14 heavy (non-hydrogen) atoms. The second kappa shape index (κ2) is 4.76. The lowest BCUT2D eigenvalue weighted by Gasteiger charge is -2.03. The molecule has 76 valence electrons. The van der Waals surface area contributed by atoms with Gasteiger partial charge in [0.2, 0.25) is 0 Å². The summed E-state index contributed by atoms with van der Waals surface area (Å²) in [5, 5.41) is 3.97. The quantitative estimate of drug-likeness (QED) is 0.597. The zero-order valence-electron chi connectivity index (χ0n) is 8.17. The van der Waals surface area contributed by atoms with E-state index in [4.69, 9.17) is 11.6 Å². The van der Waals surface area contributed by atoms with Gasteiger partial charge in [-0.25, -0.2) is 4.98 Å². The summed E-state index contributed by atoms with van der Waals surface area (Å²) >= 11 is 5.69. The maximum absolute atomic E-state index is 5.69. The topological polar surface area (TPSA) is 24.9 Å². The zero-order valence-corrected chi connectivity index (χ0v) is 8.93. The molecule has 1 N–H and O–H groups in total. The number of aromatic nitrogens is 1. The smallest absolute Gasteiger partial charge is 0.129 e. The molecule has 2 rings (SSSR count). The first-order valence-electron chi connectivity index (χ1n) is 5.16. The molecule has 0 aliphatic heterocycles. The van der Waals surface area contributed by atoms with E-state index >= 15 is 0 Å². The van der Waals surface area contributed by atoms with Crippen molar-refractivity contribution in [2.45, 2.75) is 25.8 Å². The van der Waals surface area contributed by atoms with Gasteiger partial charge in [0.05, 0.1) is 0 Å². The fourth-order valence-electron chi connectivity index (χ4n) is 1.46. The van der Waals surface area contributed by atoms with E-state index in [-0.39, 0.29) is 0 Å². The van der Waals surface area contributed by atoms with Gasteiger partial charge in [-0.05, 0) is 30.5 Å². The van der Waals surface area contributed by atoms with Crippen LogP contribution in [0.2, 0.25) is 5.15 Å². The molecule has 1 fully saturated rings. The van der Waals surface area contributed by atoms with Crippen molar-refractivity contribution in [2.24, 2.45) is 5.92 Å². The average molecular weight is 211 g/mol. The molecule has 0 spiro atoms. The third-order valence-corrected chi connectivity index (χ3v) is 2.77. The van der Waals surface area contributed by atoms with Crippen molar-refractivity contribution < 1.29 is 0 Å². The van der Waals surface area contributed by atoms with Crippen molar-refractivity contribution in [3.05, 3.63) is 29.0 Å².